The Labute approximate surface area is 119 Å². The van der Waals surface area contributed by atoms with Crippen molar-refractivity contribution in [1.29, 1.82) is 5.26 Å². The van der Waals surface area contributed by atoms with E-state index in [1.165, 1.54) is 23.7 Å². The van der Waals surface area contributed by atoms with Crippen LogP contribution >= 0.6 is 0 Å². The van der Waals surface area contributed by atoms with Crippen molar-refractivity contribution in [3.63, 3.8) is 0 Å². The molecule has 3 heteroatoms. The van der Waals surface area contributed by atoms with Crippen LogP contribution < -0.4 is 4.74 Å². The van der Waals surface area contributed by atoms with Crippen molar-refractivity contribution in [3.05, 3.63) is 30.5 Å². The van der Waals surface area contributed by atoms with Crippen LogP contribution in [0.2, 0.25) is 0 Å². The topological polar surface area (TPSA) is 38.0 Å². The van der Waals surface area contributed by atoms with Gasteiger partial charge in [0, 0.05) is 35.5 Å². The quantitative estimate of drug-likeness (QED) is 0.818. The molecule has 1 aliphatic rings. The lowest BCUT2D eigenvalue weighted by Gasteiger charge is -2.14. The molecule has 2 aromatic rings. The number of ether oxygens (including phenoxy) is 1. The Balaban J connectivity index is 1.85. The van der Waals surface area contributed by atoms with Crippen molar-refractivity contribution in [2.45, 2.75) is 45.8 Å². The molecule has 1 aromatic heterocycles. The molecule has 1 heterocycles. The maximum Gasteiger partial charge on any atom is 0.120 e. The van der Waals surface area contributed by atoms with Gasteiger partial charge < -0.3 is 9.30 Å². The van der Waals surface area contributed by atoms with Crippen molar-refractivity contribution >= 4 is 10.9 Å². The van der Waals surface area contributed by atoms with Gasteiger partial charge in [-0.3, -0.25) is 0 Å². The average Bonchev–Trinajstić information content (AvgIpc) is 3.03. The van der Waals surface area contributed by atoms with E-state index in [-0.39, 0.29) is 11.5 Å². The highest BCUT2D eigenvalue weighted by molar-refractivity contribution is 5.81. The Morgan fingerprint density at radius 1 is 1.35 bits per heavy atom. The Morgan fingerprint density at radius 3 is 2.80 bits per heavy atom. The fraction of sp³-hybridized carbons (Fsp3) is 0.471. The van der Waals surface area contributed by atoms with Gasteiger partial charge in [-0.25, -0.2) is 0 Å². The van der Waals surface area contributed by atoms with Gasteiger partial charge in [0.25, 0.3) is 0 Å². The maximum atomic E-state index is 8.93. The molecule has 1 saturated carbocycles. The molecule has 0 aliphatic heterocycles. The molecule has 0 saturated heterocycles. The molecule has 0 bridgehead atoms. The summed E-state index contributed by atoms with van der Waals surface area (Å²) in [6.07, 6.45) is 5.34. The minimum absolute atomic E-state index is 0.194. The maximum absolute atomic E-state index is 8.93. The van der Waals surface area contributed by atoms with Crippen LogP contribution in [0.3, 0.4) is 0 Å². The first-order valence-electron chi connectivity index (χ1n) is 7.24. The molecule has 0 radical (unpaired) electrons. The largest absolute Gasteiger partial charge is 0.491 e. The van der Waals surface area contributed by atoms with E-state index < -0.39 is 0 Å². The summed E-state index contributed by atoms with van der Waals surface area (Å²) in [4.78, 5) is 0. The van der Waals surface area contributed by atoms with E-state index in [9.17, 15) is 0 Å². The molecule has 0 N–H and O–H groups in total. The number of hydrogen-bond donors (Lipinski definition) is 0. The monoisotopic (exact) mass is 268 g/mol. The van der Waals surface area contributed by atoms with E-state index in [1.54, 1.807) is 0 Å². The Bertz CT molecular complexity index is 659. The minimum Gasteiger partial charge on any atom is -0.491 e. The van der Waals surface area contributed by atoms with Gasteiger partial charge in [0.1, 0.15) is 5.75 Å². The zero-order valence-corrected chi connectivity index (χ0v) is 12.1. The molecular formula is C17H20N2O. The summed E-state index contributed by atoms with van der Waals surface area (Å²) in [6, 6.07) is 10.7. The van der Waals surface area contributed by atoms with Crippen LogP contribution in [0.1, 0.15) is 33.1 Å². The minimum atomic E-state index is 0.194. The number of fused-ring (bicyclic) bond motifs is 1. The van der Waals surface area contributed by atoms with Gasteiger partial charge in [-0.05, 0) is 51.0 Å². The zero-order chi connectivity index (χ0) is 14.2. The summed E-state index contributed by atoms with van der Waals surface area (Å²) in [7, 11) is 0. The van der Waals surface area contributed by atoms with Crippen LogP contribution in [0.15, 0.2) is 30.5 Å². The van der Waals surface area contributed by atoms with Crippen LogP contribution in [-0.4, -0.2) is 10.7 Å². The predicted octanol–water partition coefficient (Wildman–Crippen LogP) is 4.12. The van der Waals surface area contributed by atoms with Crippen LogP contribution in [0, 0.1) is 16.7 Å². The summed E-state index contributed by atoms with van der Waals surface area (Å²) >= 11 is 0. The summed E-state index contributed by atoms with van der Waals surface area (Å²) < 4.78 is 8.01. The molecule has 20 heavy (non-hydrogen) atoms. The van der Waals surface area contributed by atoms with E-state index in [4.69, 9.17) is 10.00 Å². The number of hydrogen-bond acceptors (Lipinski definition) is 2. The van der Waals surface area contributed by atoms with Gasteiger partial charge in [0.15, 0.2) is 0 Å². The fourth-order valence-corrected chi connectivity index (χ4v) is 2.76. The second-order valence-corrected chi connectivity index (χ2v) is 6.17. The van der Waals surface area contributed by atoms with Gasteiger partial charge in [0.2, 0.25) is 0 Å². The summed E-state index contributed by atoms with van der Waals surface area (Å²) in [6.45, 7) is 5.02. The molecule has 3 rings (SSSR count). The first-order valence-corrected chi connectivity index (χ1v) is 7.24. The molecule has 0 atom stereocenters. The van der Waals surface area contributed by atoms with E-state index in [2.05, 4.69) is 35.0 Å². The second kappa shape index (κ2) is 4.86. The van der Waals surface area contributed by atoms with E-state index in [1.807, 2.05) is 19.9 Å². The molecule has 0 unspecified atom stereocenters. The van der Waals surface area contributed by atoms with Crippen molar-refractivity contribution in [1.82, 2.24) is 4.57 Å². The lowest BCUT2D eigenvalue weighted by atomic mass is 10.0. The molecule has 1 aliphatic carbocycles. The fourth-order valence-electron chi connectivity index (χ4n) is 2.76. The zero-order valence-electron chi connectivity index (χ0n) is 12.1. The molecule has 1 aromatic carbocycles. The third-order valence-corrected chi connectivity index (χ3v) is 4.03. The van der Waals surface area contributed by atoms with Crippen molar-refractivity contribution in [2.75, 3.05) is 0 Å². The van der Waals surface area contributed by atoms with Gasteiger partial charge in [-0.2, -0.15) is 5.26 Å². The van der Waals surface area contributed by atoms with E-state index in [0.29, 0.717) is 6.42 Å². The molecule has 0 spiro atoms. The SMILES string of the molecule is CC(C)Oc1ccc2c(ccn2CC2(CC#N)CC2)c1. The molecule has 3 nitrogen and oxygen atoms in total. The normalized spacial score (nSPS) is 16.3. The third-order valence-electron chi connectivity index (χ3n) is 4.03. The molecule has 0 amide bonds. The standard InChI is InChI=1S/C17H20N2O/c1-13(2)20-15-3-4-16-14(11-15)5-10-19(16)12-17(6-7-17)8-9-18/h3-5,10-11,13H,6-8,12H2,1-2H3. The van der Waals surface area contributed by atoms with E-state index in [0.717, 1.165) is 12.3 Å². The second-order valence-electron chi connectivity index (χ2n) is 6.17. The van der Waals surface area contributed by atoms with Gasteiger partial charge in [-0.15, -0.1) is 0 Å². The smallest absolute Gasteiger partial charge is 0.120 e. The lowest BCUT2D eigenvalue weighted by Crippen LogP contribution is -2.10. The number of nitriles is 1. The van der Waals surface area contributed by atoms with Crippen LogP contribution in [0.4, 0.5) is 0 Å². The highest BCUT2D eigenvalue weighted by Gasteiger charge is 2.42. The first-order chi connectivity index (χ1) is 9.62. The summed E-state index contributed by atoms with van der Waals surface area (Å²) in [5.74, 6) is 0.920. The summed E-state index contributed by atoms with van der Waals surface area (Å²) in [5.41, 5.74) is 1.46. The van der Waals surface area contributed by atoms with Crippen LogP contribution in [-0.2, 0) is 6.54 Å². The number of nitrogens with zero attached hydrogens (tertiary/aromatic N) is 2. The van der Waals surface area contributed by atoms with Gasteiger partial charge in [0.05, 0.1) is 12.2 Å². The molecular weight excluding hydrogens is 248 g/mol. The number of aromatic nitrogens is 1. The van der Waals surface area contributed by atoms with E-state index >= 15 is 0 Å². The predicted molar refractivity (Wildman–Crippen MR) is 79.6 cm³/mol. The van der Waals surface area contributed by atoms with Gasteiger partial charge in [-0.1, -0.05) is 0 Å². The first kappa shape index (κ1) is 13.1. The number of rotatable bonds is 5. The van der Waals surface area contributed by atoms with Crippen LogP contribution in [0.5, 0.6) is 5.75 Å². The Hall–Kier alpha value is -1.95. The van der Waals surface area contributed by atoms with Crippen molar-refractivity contribution in [3.8, 4) is 11.8 Å². The Kier molecular flexibility index (Phi) is 3.17. The summed E-state index contributed by atoms with van der Waals surface area (Å²) in [5, 5.41) is 10.1. The Morgan fingerprint density at radius 2 is 2.15 bits per heavy atom. The third kappa shape index (κ3) is 2.51. The average molecular weight is 268 g/mol. The van der Waals surface area contributed by atoms with Crippen molar-refractivity contribution < 1.29 is 4.74 Å². The highest BCUT2D eigenvalue weighted by atomic mass is 16.5. The highest BCUT2D eigenvalue weighted by Crippen LogP contribution is 2.50. The molecule has 104 valence electrons. The van der Waals surface area contributed by atoms with Gasteiger partial charge >= 0.3 is 0 Å². The van der Waals surface area contributed by atoms with Crippen LogP contribution in [0.25, 0.3) is 10.9 Å². The molecule has 1 fully saturated rings. The number of benzene rings is 1. The lowest BCUT2D eigenvalue weighted by molar-refractivity contribution is 0.243. The van der Waals surface area contributed by atoms with Crippen molar-refractivity contribution in [2.24, 2.45) is 5.41 Å².